The van der Waals surface area contributed by atoms with E-state index in [9.17, 15) is 8.76 Å². The fourth-order valence-corrected chi connectivity index (χ4v) is 1.50. The van der Waals surface area contributed by atoms with E-state index in [2.05, 4.69) is 13.8 Å². The van der Waals surface area contributed by atoms with Crippen LogP contribution in [0.4, 0.5) is 0 Å². The van der Waals surface area contributed by atoms with E-state index >= 15 is 0 Å². The quantitative estimate of drug-likeness (QED) is 0.506. The standard InChI is InChI=1S/C10H14O2S.Na/c1-3-8(2)9-4-6-10(7-5-9)13(11)12;/h4-8H,3H2,1-2H3,(H,11,12);/q;+1/p-1. The second-order valence-electron chi connectivity index (χ2n) is 3.11. The average Bonchev–Trinajstić information content (AvgIpc) is 2.17. The molecule has 1 aromatic carbocycles. The summed E-state index contributed by atoms with van der Waals surface area (Å²) >= 11 is -2.10. The van der Waals surface area contributed by atoms with E-state index in [-0.39, 0.29) is 29.6 Å². The smallest absolute Gasteiger partial charge is 0.768 e. The van der Waals surface area contributed by atoms with Gasteiger partial charge in [-0.3, -0.25) is 4.21 Å². The van der Waals surface area contributed by atoms with Gasteiger partial charge in [0.1, 0.15) is 0 Å². The molecule has 0 heterocycles. The third kappa shape index (κ3) is 3.83. The summed E-state index contributed by atoms with van der Waals surface area (Å²) in [6.45, 7) is 4.24. The Kier molecular flexibility index (Phi) is 6.91. The molecule has 0 radical (unpaired) electrons. The second-order valence-corrected chi connectivity index (χ2v) is 4.05. The Labute approximate surface area is 110 Å². The molecule has 2 atom stereocenters. The van der Waals surface area contributed by atoms with Gasteiger partial charge in [-0.15, -0.1) is 0 Å². The zero-order chi connectivity index (χ0) is 9.84. The van der Waals surface area contributed by atoms with Crippen LogP contribution in [0.1, 0.15) is 31.7 Å². The predicted octanol–water partition coefficient (Wildman–Crippen LogP) is -0.558. The molecule has 4 heteroatoms. The number of hydrogen-bond donors (Lipinski definition) is 0. The summed E-state index contributed by atoms with van der Waals surface area (Å²) in [5.74, 6) is 0.495. The molecule has 1 rings (SSSR count). The first-order valence-corrected chi connectivity index (χ1v) is 5.42. The van der Waals surface area contributed by atoms with Crippen molar-refractivity contribution in [3.63, 3.8) is 0 Å². The molecule has 14 heavy (non-hydrogen) atoms. The van der Waals surface area contributed by atoms with Crippen LogP contribution in [0.25, 0.3) is 0 Å². The van der Waals surface area contributed by atoms with E-state index in [1.807, 2.05) is 12.1 Å². The number of hydrogen-bond acceptors (Lipinski definition) is 2. The second kappa shape index (κ2) is 6.75. The van der Waals surface area contributed by atoms with Crippen LogP contribution in [0.15, 0.2) is 29.2 Å². The number of benzene rings is 1. The van der Waals surface area contributed by atoms with Gasteiger partial charge in [0, 0.05) is 4.90 Å². The predicted molar refractivity (Wildman–Crippen MR) is 52.3 cm³/mol. The Morgan fingerprint density at radius 2 is 1.86 bits per heavy atom. The maximum absolute atomic E-state index is 10.6. The minimum absolute atomic E-state index is 0. The Bertz CT molecular complexity index is 297. The molecule has 72 valence electrons. The zero-order valence-electron chi connectivity index (χ0n) is 8.82. The molecular formula is C10H13NaO2S. The molecule has 0 aromatic heterocycles. The largest absolute Gasteiger partial charge is 1.00 e. The van der Waals surface area contributed by atoms with Gasteiger partial charge in [0.2, 0.25) is 0 Å². The molecule has 0 amide bonds. The maximum atomic E-state index is 10.6. The molecule has 0 aliphatic carbocycles. The van der Waals surface area contributed by atoms with Crippen LogP contribution >= 0.6 is 0 Å². The van der Waals surface area contributed by atoms with Gasteiger partial charge in [-0.05, 0) is 41.1 Å². The van der Waals surface area contributed by atoms with Crippen molar-refractivity contribution in [1.82, 2.24) is 0 Å². The SMILES string of the molecule is CCC(C)c1ccc(S(=O)[O-])cc1.[Na+]. The minimum Gasteiger partial charge on any atom is -0.768 e. The molecule has 0 bridgehead atoms. The van der Waals surface area contributed by atoms with Gasteiger partial charge < -0.3 is 4.55 Å². The molecule has 0 fully saturated rings. The van der Waals surface area contributed by atoms with Crippen molar-refractivity contribution >= 4 is 11.1 Å². The molecule has 1 aromatic rings. The molecule has 0 aliphatic heterocycles. The fraction of sp³-hybridized carbons (Fsp3) is 0.400. The summed E-state index contributed by atoms with van der Waals surface area (Å²) in [6.07, 6.45) is 1.07. The van der Waals surface area contributed by atoms with Crippen LogP contribution in [0.3, 0.4) is 0 Å². The summed E-state index contributed by atoms with van der Waals surface area (Å²) in [6, 6.07) is 7.04. The Morgan fingerprint density at radius 3 is 2.21 bits per heavy atom. The Balaban J connectivity index is 0.00000169. The minimum atomic E-state index is -2.10. The van der Waals surface area contributed by atoms with Crippen LogP contribution < -0.4 is 29.6 Å². The average molecular weight is 220 g/mol. The Morgan fingerprint density at radius 1 is 1.36 bits per heavy atom. The topological polar surface area (TPSA) is 40.1 Å². The van der Waals surface area contributed by atoms with Gasteiger partial charge in [0.25, 0.3) is 0 Å². The summed E-state index contributed by atoms with van der Waals surface area (Å²) in [5.41, 5.74) is 1.19. The van der Waals surface area contributed by atoms with Crippen LogP contribution in [-0.4, -0.2) is 8.76 Å². The maximum Gasteiger partial charge on any atom is 1.00 e. The summed E-state index contributed by atoms with van der Waals surface area (Å²) < 4.78 is 21.1. The van der Waals surface area contributed by atoms with Crippen molar-refractivity contribution in [3.05, 3.63) is 29.8 Å². The first-order chi connectivity index (χ1) is 6.15. The number of rotatable bonds is 3. The van der Waals surface area contributed by atoms with Crippen molar-refractivity contribution in [2.45, 2.75) is 31.1 Å². The van der Waals surface area contributed by atoms with Gasteiger partial charge in [0.15, 0.2) is 0 Å². The molecule has 0 N–H and O–H groups in total. The molecule has 0 aliphatic rings. The van der Waals surface area contributed by atoms with Crippen LogP contribution in [0, 0.1) is 0 Å². The Hall–Kier alpha value is 0.330. The van der Waals surface area contributed by atoms with E-state index in [4.69, 9.17) is 0 Å². The van der Waals surface area contributed by atoms with Crippen LogP contribution in [-0.2, 0) is 11.1 Å². The fourth-order valence-electron chi connectivity index (χ4n) is 1.14. The molecular weight excluding hydrogens is 207 g/mol. The monoisotopic (exact) mass is 220 g/mol. The van der Waals surface area contributed by atoms with Crippen molar-refractivity contribution in [2.24, 2.45) is 0 Å². The third-order valence-electron chi connectivity index (χ3n) is 2.25. The van der Waals surface area contributed by atoms with Gasteiger partial charge in [-0.2, -0.15) is 0 Å². The van der Waals surface area contributed by atoms with E-state index in [1.165, 1.54) is 5.56 Å². The van der Waals surface area contributed by atoms with Gasteiger partial charge in [0.05, 0.1) is 0 Å². The van der Waals surface area contributed by atoms with Crippen LogP contribution in [0.2, 0.25) is 0 Å². The normalized spacial score (nSPS) is 14.2. The zero-order valence-corrected chi connectivity index (χ0v) is 11.6. The first-order valence-electron chi connectivity index (χ1n) is 4.34. The molecule has 0 saturated carbocycles. The van der Waals surface area contributed by atoms with E-state index in [0.29, 0.717) is 10.8 Å². The van der Waals surface area contributed by atoms with Crippen molar-refractivity contribution in [2.75, 3.05) is 0 Å². The molecule has 0 saturated heterocycles. The summed E-state index contributed by atoms with van der Waals surface area (Å²) in [4.78, 5) is 0.354. The van der Waals surface area contributed by atoms with E-state index < -0.39 is 11.1 Å². The van der Waals surface area contributed by atoms with Crippen molar-refractivity contribution < 1.29 is 38.3 Å². The van der Waals surface area contributed by atoms with E-state index in [1.54, 1.807) is 12.1 Å². The van der Waals surface area contributed by atoms with E-state index in [0.717, 1.165) is 6.42 Å². The summed E-state index contributed by atoms with van der Waals surface area (Å²) in [5, 5.41) is 0. The van der Waals surface area contributed by atoms with Gasteiger partial charge in [-0.25, -0.2) is 0 Å². The molecule has 2 nitrogen and oxygen atoms in total. The first kappa shape index (κ1) is 14.3. The van der Waals surface area contributed by atoms with Crippen molar-refractivity contribution in [3.8, 4) is 0 Å². The molecule has 2 unspecified atom stereocenters. The van der Waals surface area contributed by atoms with Crippen LogP contribution in [0.5, 0.6) is 0 Å². The van der Waals surface area contributed by atoms with Gasteiger partial charge >= 0.3 is 29.6 Å². The van der Waals surface area contributed by atoms with Crippen molar-refractivity contribution in [1.29, 1.82) is 0 Å². The molecule has 0 spiro atoms. The third-order valence-corrected chi connectivity index (χ3v) is 2.91. The van der Waals surface area contributed by atoms with Gasteiger partial charge in [-0.1, -0.05) is 26.0 Å². The summed E-state index contributed by atoms with van der Waals surface area (Å²) in [7, 11) is 0.